The smallest absolute Gasteiger partial charge is 0.271 e. The van der Waals surface area contributed by atoms with Crippen molar-refractivity contribution in [3.8, 4) is 5.75 Å². The van der Waals surface area contributed by atoms with Gasteiger partial charge in [-0.15, -0.1) is 11.3 Å². The second-order valence-electron chi connectivity index (χ2n) is 4.15. The molecule has 0 amide bonds. The summed E-state index contributed by atoms with van der Waals surface area (Å²) in [5, 5.41) is 9.66. The summed E-state index contributed by atoms with van der Waals surface area (Å²) in [4.78, 5) is 0. The molecule has 4 nitrogen and oxygen atoms in total. The van der Waals surface area contributed by atoms with E-state index in [1.54, 1.807) is 19.1 Å². The SMILES string of the molecule is Cc1ccc(O)c(NS(=O)(=O)c2cc(C)c(Cl)s2)c1. The van der Waals surface area contributed by atoms with E-state index < -0.39 is 10.0 Å². The molecule has 0 aliphatic rings. The lowest BCUT2D eigenvalue weighted by atomic mass is 10.2. The van der Waals surface area contributed by atoms with Gasteiger partial charge < -0.3 is 5.11 Å². The Hall–Kier alpha value is -1.24. The summed E-state index contributed by atoms with van der Waals surface area (Å²) < 4.78 is 27.2. The number of nitrogens with one attached hydrogen (secondary N) is 1. The number of phenols is 1. The Balaban J connectivity index is 2.39. The molecule has 1 aromatic heterocycles. The van der Waals surface area contributed by atoms with Gasteiger partial charge in [0.15, 0.2) is 0 Å². The zero-order chi connectivity index (χ0) is 14.2. The van der Waals surface area contributed by atoms with Crippen molar-refractivity contribution < 1.29 is 13.5 Å². The monoisotopic (exact) mass is 317 g/mol. The predicted octanol–water partition coefficient (Wildman–Crippen LogP) is 3.52. The molecule has 1 aromatic carbocycles. The van der Waals surface area contributed by atoms with Crippen LogP contribution in [0.4, 0.5) is 5.69 Å². The number of thiophene rings is 1. The molecule has 0 aliphatic carbocycles. The minimum Gasteiger partial charge on any atom is -0.506 e. The summed E-state index contributed by atoms with van der Waals surface area (Å²) in [6, 6.07) is 6.20. The van der Waals surface area contributed by atoms with E-state index in [0.717, 1.165) is 16.9 Å². The molecule has 1 heterocycles. The third kappa shape index (κ3) is 3.02. The zero-order valence-electron chi connectivity index (χ0n) is 10.3. The lowest BCUT2D eigenvalue weighted by Crippen LogP contribution is -2.11. The predicted molar refractivity (Wildman–Crippen MR) is 77.7 cm³/mol. The average molecular weight is 318 g/mol. The first kappa shape index (κ1) is 14.2. The van der Waals surface area contributed by atoms with Gasteiger partial charge in [-0.05, 0) is 43.2 Å². The maximum atomic E-state index is 12.2. The summed E-state index contributed by atoms with van der Waals surface area (Å²) in [7, 11) is -3.73. The molecule has 0 aliphatic heterocycles. The molecule has 0 bridgehead atoms. The van der Waals surface area contributed by atoms with Crippen LogP contribution in [0.2, 0.25) is 4.34 Å². The van der Waals surface area contributed by atoms with Crippen molar-refractivity contribution >= 4 is 38.6 Å². The van der Waals surface area contributed by atoms with Crippen molar-refractivity contribution in [1.29, 1.82) is 0 Å². The van der Waals surface area contributed by atoms with Crippen molar-refractivity contribution in [1.82, 2.24) is 0 Å². The van der Waals surface area contributed by atoms with Crippen molar-refractivity contribution in [2.45, 2.75) is 18.1 Å². The van der Waals surface area contributed by atoms with Gasteiger partial charge in [-0.2, -0.15) is 0 Å². The fourth-order valence-corrected chi connectivity index (χ4v) is 4.26. The highest BCUT2D eigenvalue weighted by atomic mass is 35.5. The first-order chi connectivity index (χ1) is 8.79. The molecule has 0 spiro atoms. The van der Waals surface area contributed by atoms with Crippen LogP contribution in [0.5, 0.6) is 5.75 Å². The highest BCUT2D eigenvalue weighted by Crippen LogP contribution is 2.33. The summed E-state index contributed by atoms with van der Waals surface area (Å²) in [6.45, 7) is 3.55. The molecular formula is C12H12ClNO3S2. The van der Waals surface area contributed by atoms with Crippen molar-refractivity contribution in [3.05, 3.63) is 39.7 Å². The van der Waals surface area contributed by atoms with E-state index in [-0.39, 0.29) is 15.6 Å². The second-order valence-corrected chi connectivity index (χ2v) is 7.71. The first-order valence-corrected chi connectivity index (χ1v) is 8.06. The summed E-state index contributed by atoms with van der Waals surface area (Å²) >= 11 is 6.86. The van der Waals surface area contributed by atoms with Crippen LogP contribution in [0.3, 0.4) is 0 Å². The van der Waals surface area contributed by atoms with E-state index in [0.29, 0.717) is 9.90 Å². The maximum Gasteiger partial charge on any atom is 0.271 e. The lowest BCUT2D eigenvalue weighted by Gasteiger charge is -2.08. The number of halogens is 1. The lowest BCUT2D eigenvalue weighted by molar-refractivity contribution is 0.477. The highest BCUT2D eigenvalue weighted by molar-refractivity contribution is 7.94. The number of rotatable bonds is 3. The van der Waals surface area contributed by atoms with E-state index in [2.05, 4.69) is 4.72 Å². The van der Waals surface area contributed by atoms with Gasteiger partial charge in [0, 0.05) is 0 Å². The Bertz CT molecular complexity index is 703. The largest absolute Gasteiger partial charge is 0.506 e. The van der Waals surface area contributed by atoms with Crippen LogP contribution >= 0.6 is 22.9 Å². The van der Waals surface area contributed by atoms with E-state index in [1.807, 2.05) is 6.92 Å². The van der Waals surface area contributed by atoms with Gasteiger partial charge >= 0.3 is 0 Å². The van der Waals surface area contributed by atoms with Crippen LogP contribution in [0.25, 0.3) is 0 Å². The van der Waals surface area contributed by atoms with Crippen LogP contribution in [0.15, 0.2) is 28.5 Å². The first-order valence-electron chi connectivity index (χ1n) is 5.38. The molecule has 19 heavy (non-hydrogen) atoms. The molecule has 0 saturated carbocycles. The van der Waals surface area contributed by atoms with Crippen molar-refractivity contribution in [3.63, 3.8) is 0 Å². The molecule has 7 heteroatoms. The van der Waals surface area contributed by atoms with Gasteiger partial charge in [-0.1, -0.05) is 17.7 Å². The molecule has 2 rings (SSSR count). The number of benzene rings is 1. The summed E-state index contributed by atoms with van der Waals surface area (Å²) in [5.41, 5.74) is 1.71. The fourth-order valence-electron chi connectivity index (χ4n) is 1.49. The number of aryl methyl sites for hydroxylation is 2. The molecular weight excluding hydrogens is 306 g/mol. The van der Waals surface area contributed by atoms with Crippen LogP contribution in [0, 0.1) is 13.8 Å². The normalized spacial score (nSPS) is 11.5. The standard InChI is InChI=1S/C12H12ClNO3S2/c1-7-3-4-10(15)9(5-7)14-19(16,17)11-6-8(2)12(13)18-11/h3-6,14-15H,1-2H3. The number of hydrogen-bond acceptors (Lipinski definition) is 4. The number of aromatic hydroxyl groups is 1. The van der Waals surface area contributed by atoms with E-state index in [1.165, 1.54) is 12.1 Å². The van der Waals surface area contributed by atoms with Gasteiger partial charge in [-0.3, -0.25) is 4.72 Å². The van der Waals surface area contributed by atoms with Crippen LogP contribution in [-0.2, 0) is 10.0 Å². The Morgan fingerprint density at radius 1 is 1.26 bits per heavy atom. The van der Waals surface area contributed by atoms with Gasteiger partial charge in [0.2, 0.25) is 0 Å². The maximum absolute atomic E-state index is 12.2. The van der Waals surface area contributed by atoms with Crippen molar-refractivity contribution in [2.75, 3.05) is 4.72 Å². The topological polar surface area (TPSA) is 66.4 Å². The minimum atomic E-state index is -3.73. The van der Waals surface area contributed by atoms with E-state index in [9.17, 15) is 13.5 Å². The Labute approximate surface area is 120 Å². The molecule has 2 N–H and O–H groups in total. The highest BCUT2D eigenvalue weighted by Gasteiger charge is 2.19. The van der Waals surface area contributed by atoms with Gasteiger partial charge in [0.25, 0.3) is 10.0 Å². The number of phenolic OH excluding ortho intramolecular Hbond substituents is 1. The second kappa shape index (κ2) is 5.03. The van der Waals surface area contributed by atoms with Gasteiger partial charge in [-0.25, -0.2) is 8.42 Å². The van der Waals surface area contributed by atoms with Gasteiger partial charge in [0.1, 0.15) is 9.96 Å². The Kier molecular flexibility index (Phi) is 3.75. The molecule has 102 valence electrons. The van der Waals surface area contributed by atoms with Crippen LogP contribution in [-0.4, -0.2) is 13.5 Å². The van der Waals surface area contributed by atoms with Crippen LogP contribution < -0.4 is 4.72 Å². The Morgan fingerprint density at radius 3 is 2.53 bits per heavy atom. The average Bonchev–Trinajstić information content (AvgIpc) is 2.65. The summed E-state index contributed by atoms with van der Waals surface area (Å²) in [6.07, 6.45) is 0. The number of anilines is 1. The number of sulfonamides is 1. The molecule has 0 unspecified atom stereocenters. The van der Waals surface area contributed by atoms with E-state index >= 15 is 0 Å². The molecule has 2 aromatic rings. The molecule has 0 saturated heterocycles. The molecule has 0 radical (unpaired) electrons. The fraction of sp³-hybridized carbons (Fsp3) is 0.167. The quantitative estimate of drug-likeness (QED) is 0.851. The molecule has 0 fully saturated rings. The third-order valence-electron chi connectivity index (χ3n) is 2.50. The molecule has 0 atom stereocenters. The van der Waals surface area contributed by atoms with Gasteiger partial charge in [0.05, 0.1) is 10.0 Å². The van der Waals surface area contributed by atoms with Crippen LogP contribution in [0.1, 0.15) is 11.1 Å². The third-order valence-corrected chi connectivity index (χ3v) is 5.89. The minimum absolute atomic E-state index is 0.117. The number of hydrogen-bond donors (Lipinski definition) is 2. The zero-order valence-corrected chi connectivity index (χ0v) is 12.7. The van der Waals surface area contributed by atoms with Crippen molar-refractivity contribution in [2.24, 2.45) is 0 Å². The summed E-state index contributed by atoms with van der Waals surface area (Å²) in [5.74, 6) is -0.117. The van der Waals surface area contributed by atoms with E-state index in [4.69, 9.17) is 11.6 Å². The Morgan fingerprint density at radius 2 is 1.95 bits per heavy atom.